The van der Waals surface area contributed by atoms with Crippen LogP contribution >= 0.6 is 15.8 Å². The van der Waals surface area contributed by atoms with Crippen molar-refractivity contribution in [2.75, 3.05) is 12.3 Å². The Bertz CT molecular complexity index is 759. The van der Waals surface area contributed by atoms with Crippen molar-refractivity contribution in [1.82, 2.24) is 0 Å². The first kappa shape index (κ1) is 29.1. The molecule has 2 saturated carbocycles. The van der Waals surface area contributed by atoms with Crippen LogP contribution in [0.25, 0.3) is 0 Å². The van der Waals surface area contributed by atoms with Crippen molar-refractivity contribution >= 4 is 26.5 Å². The second-order valence-electron chi connectivity index (χ2n) is 9.83. The third-order valence-corrected chi connectivity index (χ3v) is 14.3. The summed E-state index contributed by atoms with van der Waals surface area (Å²) in [5.74, 6) is 0.904. The molecular weight excluding hydrogens is 478 g/mol. The normalized spacial score (nSPS) is 20.9. The monoisotopic (exact) mass is 524 g/mol. The molecule has 2 fully saturated rings. The van der Waals surface area contributed by atoms with E-state index in [9.17, 15) is 0 Å². The first-order valence-electron chi connectivity index (χ1n) is 13.2. The fourth-order valence-electron chi connectivity index (χ4n) is 5.99. The molecule has 0 radical (unpaired) electrons. The summed E-state index contributed by atoms with van der Waals surface area (Å²) in [7, 11) is -0.112. The number of rotatable bonds is 7. The Morgan fingerprint density at radius 2 is 1.18 bits per heavy atom. The van der Waals surface area contributed by atoms with Gasteiger partial charge in [0.2, 0.25) is 0 Å². The molecule has 2 aliphatic rings. The standard InChI is InChI=1S/C25H36P2.C5H10.Fe/c1-6-26(7-2)25-18-12-15-22(25)21(5)27(23-16-10-8-13-19(23)3)24-17-11-9-14-20(24)4;1-2-4-5-3-1;/h8-11,13-14,16-17,21-22,25H,6-7,12,15,18H2,1-5H3;1-5H2;/t21-,22?,25?;;/m1../s1. The van der Waals surface area contributed by atoms with Crippen molar-refractivity contribution in [1.29, 1.82) is 0 Å². The Balaban J connectivity index is 0.000000568. The zero-order valence-electron chi connectivity index (χ0n) is 21.7. The predicted molar refractivity (Wildman–Crippen MR) is 150 cm³/mol. The van der Waals surface area contributed by atoms with E-state index in [0.717, 1.165) is 17.2 Å². The van der Waals surface area contributed by atoms with Gasteiger partial charge in [-0.05, 0) is 85.9 Å². The van der Waals surface area contributed by atoms with E-state index in [2.05, 4.69) is 83.1 Å². The van der Waals surface area contributed by atoms with Gasteiger partial charge in [0.25, 0.3) is 0 Å². The largest absolute Gasteiger partial charge is 0.104 e. The Hall–Kier alpha value is -0.181. The van der Waals surface area contributed by atoms with Gasteiger partial charge in [0.15, 0.2) is 0 Å². The summed E-state index contributed by atoms with van der Waals surface area (Å²) in [5.41, 5.74) is 4.70. The molecule has 0 saturated heterocycles. The molecule has 3 heteroatoms. The molecule has 0 amide bonds. The number of hydrogen-bond acceptors (Lipinski definition) is 0. The molecular formula is C30H46FeP2. The van der Waals surface area contributed by atoms with E-state index < -0.39 is 0 Å². The molecule has 4 rings (SSSR count). The maximum atomic E-state index is 2.59. The van der Waals surface area contributed by atoms with E-state index in [1.54, 1.807) is 10.6 Å². The van der Waals surface area contributed by atoms with Gasteiger partial charge in [0.05, 0.1) is 0 Å². The molecule has 2 aromatic carbocycles. The van der Waals surface area contributed by atoms with Gasteiger partial charge in [-0.15, -0.1) is 7.92 Å². The fourth-order valence-corrected chi connectivity index (χ4v) is 12.3. The molecule has 184 valence electrons. The molecule has 0 bridgehead atoms. The van der Waals surface area contributed by atoms with E-state index >= 15 is 0 Å². The molecule has 2 aromatic rings. The van der Waals surface area contributed by atoms with Gasteiger partial charge >= 0.3 is 0 Å². The van der Waals surface area contributed by atoms with Crippen molar-refractivity contribution in [3.8, 4) is 0 Å². The van der Waals surface area contributed by atoms with Crippen LogP contribution in [0.15, 0.2) is 48.5 Å². The topological polar surface area (TPSA) is 0 Å². The van der Waals surface area contributed by atoms with Crippen LogP contribution in [-0.4, -0.2) is 23.6 Å². The Morgan fingerprint density at radius 3 is 1.61 bits per heavy atom. The minimum Gasteiger partial charge on any atom is -0.104 e. The maximum Gasteiger partial charge on any atom is 0 e. The molecule has 0 aliphatic heterocycles. The van der Waals surface area contributed by atoms with Crippen LogP contribution in [0.5, 0.6) is 0 Å². The van der Waals surface area contributed by atoms with Gasteiger partial charge < -0.3 is 0 Å². The van der Waals surface area contributed by atoms with Crippen LogP contribution in [0.1, 0.15) is 83.3 Å². The summed E-state index contributed by atoms with van der Waals surface area (Å²) in [4.78, 5) is 0. The molecule has 2 unspecified atom stereocenters. The van der Waals surface area contributed by atoms with E-state index in [-0.39, 0.29) is 32.9 Å². The van der Waals surface area contributed by atoms with Crippen molar-refractivity contribution in [3.63, 3.8) is 0 Å². The van der Waals surface area contributed by atoms with Crippen LogP contribution in [0, 0.1) is 19.8 Å². The van der Waals surface area contributed by atoms with Gasteiger partial charge in [0, 0.05) is 17.1 Å². The van der Waals surface area contributed by atoms with Gasteiger partial charge in [-0.25, -0.2) is 0 Å². The summed E-state index contributed by atoms with van der Waals surface area (Å²) in [6, 6.07) is 18.3. The molecule has 0 heterocycles. The Kier molecular flexibility index (Phi) is 13.2. The van der Waals surface area contributed by atoms with Gasteiger partial charge in [-0.3, -0.25) is 0 Å². The second kappa shape index (κ2) is 15.0. The van der Waals surface area contributed by atoms with Crippen LogP contribution < -0.4 is 10.6 Å². The van der Waals surface area contributed by atoms with Crippen molar-refractivity contribution in [2.45, 2.75) is 97.3 Å². The van der Waals surface area contributed by atoms with E-state index in [4.69, 9.17) is 0 Å². The van der Waals surface area contributed by atoms with E-state index in [1.165, 1.54) is 74.8 Å². The smallest absolute Gasteiger partial charge is 0 e. The average Bonchev–Trinajstić information content (AvgIpc) is 3.53. The Labute approximate surface area is 218 Å². The van der Waals surface area contributed by atoms with Crippen LogP contribution in [0.4, 0.5) is 0 Å². The molecule has 0 nitrogen and oxygen atoms in total. The van der Waals surface area contributed by atoms with Gasteiger partial charge in [-0.2, -0.15) is 0 Å². The first-order valence-corrected chi connectivity index (χ1v) is 16.4. The SMILES string of the molecule is C1CCCC1.CCP(CC)C1CCCC1[C@@H](C)P(c1ccccc1C)c1ccccc1C.[Fe]. The molecule has 0 N–H and O–H groups in total. The number of benzene rings is 2. The third-order valence-electron chi connectivity index (χ3n) is 7.84. The van der Waals surface area contributed by atoms with Crippen LogP contribution in [0.2, 0.25) is 0 Å². The molecule has 2 aliphatic carbocycles. The van der Waals surface area contributed by atoms with E-state index in [0.29, 0.717) is 0 Å². The zero-order valence-corrected chi connectivity index (χ0v) is 24.6. The zero-order chi connectivity index (χ0) is 22.9. The Morgan fingerprint density at radius 1 is 0.727 bits per heavy atom. The van der Waals surface area contributed by atoms with Gasteiger partial charge in [0.1, 0.15) is 0 Å². The molecule has 3 atom stereocenters. The second-order valence-corrected chi connectivity index (χ2v) is 15.5. The predicted octanol–water partition coefficient (Wildman–Crippen LogP) is 8.76. The first-order chi connectivity index (χ1) is 15.6. The molecule has 0 spiro atoms. The summed E-state index contributed by atoms with van der Waals surface area (Å²) in [6.45, 7) is 12.1. The van der Waals surface area contributed by atoms with Crippen LogP contribution in [0.3, 0.4) is 0 Å². The summed E-state index contributed by atoms with van der Waals surface area (Å²) < 4.78 is 0. The maximum absolute atomic E-state index is 2.59. The van der Waals surface area contributed by atoms with Crippen molar-refractivity contribution in [2.24, 2.45) is 5.92 Å². The van der Waals surface area contributed by atoms with E-state index in [1.807, 2.05) is 0 Å². The summed E-state index contributed by atoms with van der Waals surface area (Å²) >= 11 is 0. The summed E-state index contributed by atoms with van der Waals surface area (Å²) in [5, 5.41) is 3.22. The quantitative estimate of drug-likeness (QED) is 0.251. The number of hydrogen-bond donors (Lipinski definition) is 0. The van der Waals surface area contributed by atoms with Crippen molar-refractivity contribution < 1.29 is 17.1 Å². The van der Waals surface area contributed by atoms with Gasteiger partial charge in [-0.1, -0.05) is 108 Å². The average molecular weight is 524 g/mol. The minimum atomic E-state index is -0.316. The third kappa shape index (κ3) is 7.65. The fraction of sp³-hybridized carbons (Fsp3) is 0.600. The number of aryl methyl sites for hydroxylation is 2. The minimum absolute atomic E-state index is 0. The molecule has 33 heavy (non-hydrogen) atoms. The summed E-state index contributed by atoms with van der Waals surface area (Å²) in [6.07, 6.45) is 14.7. The van der Waals surface area contributed by atoms with Crippen LogP contribution in [-0.2, 0) is 17.1 Å². The van der Waals surface area contributed by atoms with Crippen molar-refractivity contribution in [3.05, 3.63) is 59.7 Å². The molecule has 0 aromatic heterocycles.